The molecule has 0 aliphatic heterocycles. The molecule has 0 heterocycles. The van der Waals surface area contributed by atoms with Crippen LogP contribution in [0.3, 0.4) is 0 Å². The highest BCUT2D eigenvalue weighted by Gasteiger charge is 2.17. The number of carbonyl (C=O) groups is 1. The summed E-state index contributed by atoms with van der Waals surface area (Å²) in [7, 11) is 3.60. The van der Waals surface area contributed by atoms with E-state index in [0.29, 0.717) is 32.3 Å². The van der Waals surface area contributed by atoms with Crippen LogP contribution in [-0.4, -0.2) is 58.1 Å². The number of hydrogen-bond acceptors (Lipinski definition) is 4. The molecule has 0 aromatic carbocycles. The zero-order valence-corrected chi connectivity index (χ0v) is 38.3. The minimum atomic E-state index is -0.183. The molecule has 0 fully saturated rings. The Bertz CT molecular complexity index is 678. The summed E-state index contributed by atoms with van der Waals surface area (Å²) in [6.07, 6.45) is 54.0. The van der Waals surface area contributed by atoms with Crippen molar-refractivity contribution in [3.05, 3.63) is 0 Å². The lowest BCUT2D eigenvalue weighted by Crippen LogP contribution is -2.32. The SMILES string of the molecule is CCCCCCCCCCCCCCCCCCCCC(CCCCCCCCCCCCCCCCCCCC)CN(C)C(=O)OCCCOCCOC. The van der Waals surface area contributed by atoms with Crippen molar-refractivity contribution in [2.75, 3.05) is 47.1 Å². The van der Waals surface area contributed by atoms with Gasteiger partial charge in [-0.05, 0) is 18.8 Å². The van der Waals surface area contributed by atoms with Gasteiger partial charge >= 0.3 is 6.09 Å². The molecule has 0 radical (unpaired) electrons. The molecule has 0 aromatic rings. The molecule has 0 aromatic heterocycles. The zero-order chi connectivity index (χ0) is 40.0. The van der Waals surface area contributed by atoms with Crippen molar-refractivity contribution < 1.29 is 19.0 Å². The summed E-state index contributed by atoms with van der Waals surface area (Å²) >= 11 is 0. The number of unbranched alkanes of at least 4 members (excludes halogenated alkanes) is 34. The van der Waals surface area contributed by atoms with Gasteiger partial charge < -0.3 is 19.1 Å². The minimum absolute atomic E-state index is 0.183. The van der Waals surface area contributed by atoms with Crippen LogP contribution in [0.4, 0.5) is 4.79 Å². The Hall–Kier alpha value is -0.810. The Labute approximate surface area is 346 Å². The second-order valence-corrected chi connectivity index (χ2v) is 17.4. The molecule has 0 aliphatic rings. The molecule has 0 bridgehead atoms. The Kier molecular flexibility index (Phi) is 46.9. The van der Waals surface area contributed by atoms with E-state index >= 15 is 0 Å². The van der Waals surface area contributed by atoms with Crippen LogP contribution in [0.15, 0.2) is 0 Å². The molecule has 0 N–H and O–H groups in total. The fourth-order valence-corrected chi connectivity index (χ4v) is 8.13. The van der Waals surface area contributed by atoms with Crippen molar-refractivity contribution in [2.45, 2.75) is 264 Å². The lowest BCUT2D eigenvalue weighted by molar-refractivity contribution is 0.0547. The summed E-state index contributed by atoms with van der Waals surface area (Å²) in [5.41, 5.74) is 0. The summed E-state index contributed by atoms with van der Waals surface area (Å²) in [6.45, 7) is 7.63. The molecule has 0 saturated carbocycles. The van der Waals surface area contributed by atoms with Gasteiger partial charge in [0.1, 0.15) is 0 Å². The third-order valence-corrected chi connectivity index (χ3v) is 11.9. The van der Waals surface area contributed by atoms with Crippen LogP contribution in [0, 0.1) is 5.92 Å². The molecule has 55 heavy (non-hydrogen) atoms. The van der Waals surface area contributed by atoms with Crippen molar-refractivity contribution >= 4 is 6.09 Å². The standard InChI is InChI=1S/C50H101NO4/c1-5-7-9-11-13-15-17-19-21-23-25-27-29-31-33-35-37-39-42-49(48-51(3)50(52)55-45-41-44-54-47-46-53-4)43-40-38-36-34-32-30-28-26-24-22-20-18-16-14-12-10-8-6-2/h49H,5-48H2,1-4H3. The molecule has 5 nitrogen and oxygen atoms in total. The lowest BCUT2D eigenvalue weighted by atomic mass is 9.93. The molecule has 330 valence electrons. The van der Waals surface area contributed by atoms with Crippen LogP contribution in [0.25, 0.3) is 0 Å². The van der Waals surface area contributed by atoms with Gasteiger partial charge in [0.2, 0.25) is 0 Å². The van der Waals surface area contributed by atoms with Gasteiger partial charge in [0, 0.05) is 33.7 Å². The van der Waals surface area contributed by atoms with Gasteiger partial charge in [-0.15, -0.1) is 0 Å². The first-order valence-electron chi connectivity index (χ1n) is 25.1. The number of amides is 1. The molecule has 0 spiro atoms. The van der Waals surface area contributed by atoms with Crippen LogP contribution in [-0.2, 0) is 14.2 Å². The summed E-state index contributed by atoms with van der Waals surface area (Å²) in [4.78, 5) is 14.6. The predicted octanol–water partition coefficient (Wildman–Crippen LogP) is 16.6. The number of hydrogen-bond donors (Lipinski definition) is 0. The molecule has 0 rings (SSSR count). The van der Waals surface area contributed by atoms with Crippen LogP contribution >= 0.6 is 0 Å². The Morgan fingerprint density at radius 1 is 0.400 bits per heavy atom. The number of nitrogens with zero attached hydrogens (tertiary/aromatic N) is 1. The smallest absolute Gasteiger partial charge is 0.409 e. The molecular weight excluding hydrogens is 679 g/mol. The largest absolute Gasteiger partial charge is 0.449 e. The summed E-state index contributed by atoms with van der Waals surface area (Å²) in [6, 6.07) is 0. The molecule has 0 saturated heterocycles. The summed E-state index contributed by atoms with van der Waals surface area (Å²) in [5, 5.41) is 0. The van der Waals surface area contributed by atoms with E-state index < -0.39 is 0 Å². The van der Waals surface area contributed by atoms with Crippen LogP contribution in [0.1, 0.15) is 264 Å². The molecule has 0 unspecified atom stereocenters. The molecule has 0 atom stereocenters. The third kappa shape index (κ3) is 44.1. The minimum Gasteiger partial charge on any atom is -0.449 e. The fraction of sp³-hybridized carbons (Fsp3) is 0.980. The van der Waals surface area contributed by atoms with Gasteiger partial charge in [-0.3, -0.25) is 0 Å². The van der Waals surface area contributed by atoms with E-state index in [2.05, 4.69) is 13.8 Å². The van der Waals surface area contributed by atoms with Gasteiger partial charge in [-0.25, -0.2) is 4.79 Å². The summed E-state index contributed by atoms with van der Waals surface area (Å²) in [5.74, 6) is 0.581. The maximum Gasteiger partial charge on any atom is 0.409 e. The van der Waals surface area contributed by atoms with Crippen molar-refractivity contribution in [3.63, 3.8) is 0 Å². The van der Waals surface area contributed by atoms with Gasteiger partial charge in [0.25, 0.3) is 0 Å². The maximum atomic E-state index is 12.7. The second kappa shape index (κ2) is 47.6. The Morgan fingerprint density at radius 3 is 1.02 bits per heavy atom. The van der Waals surface area contributed by atoms with Crippen LogP contribution in [0.2, 0.25) is 0 Å². The predicted molar refractivity (Wildman–Crippen MR) is 242 cm³/mol. The second-order valence-electron chi connectivity index (χ2n) is 17.4. The van der Waals surface area contributed by atoms with E-state index in [1.54, 1.807) is 7.11 Å². The molecule has 0 aliphatic carbocycles. The van der Waals surface area contributed by atoms with E-state index in [1.165, 1.54) is 244 Å². The average molecular weight is 780 g/mol. The molecule has 1 amide bonds. The number of ether oxygens (including phenoxy) is 3. The molecule has 5 heteroatoms. The van der Waals surface area contributed by atoms with Crippen LogP contribution in [0.5, 0.6) is 0 Å². The topological polar surface area (TPSA) is 48.0 Å². The number of rotatable bonds is 47. The lowest BCUT2D eigenvalue weighted by Gasteiger charge is -2.24. The zero-order valence-electron chi connectivity index (χ0n) is 38.3. The highest BCUT2D eigenvalue weighted by molar-refractivity contribution is 5.67. The highest BCUT2D eigenvalue weighted by Crippen LogP contribution is 2.22. The average Bonchev–Trinajstić information content (AvgIpc) is 3.19. The highest BCUT2D eigenvalue weighted by atomic mass is 16.6. The first-order valence-corrected chi connectivity index (χ1v) is 25.1. The van der Waals surface area contributed by atoms with Gasteiger partial charge in [-0.1, -0.05) is 245 Å². The van der Waals surface area contributed by atoms with E-state index in [0.717, 1.165) is 13.0 Å². The monoisotopic (exact) mass is 780 g/mol. The van der Waals surface area contributed by atoms with Crippen molar-refractivity contribution in [2.24, 2.45) is 5.92 Å². The quantitative estimate of drug-likeness (QED) is 0.0577. The van der Waals surface area contributed by atoms with Gasteiger partial charge in [0.05, 0.1) is 19.8 Å². The fourth-order valence-electron chi connectivity index (χ4n) is 8.13. The van der Waals surface area contributed by atoms with E-state index in [1.807, 2.05) is 11.9 Å². The first-order chi connectivity index (χ1) is 27.2. The number of carbonyl (C=O) groups excluding carboxylic acids is 1. The van der Waals surface area contributed by atoms with Crippen molar-refractivity contribution in [1.82, 2.24) is 4.90 Å². The van der Waals surface area contributed by atoms with E-state index in [-0.39, 0.29) is 6.09 Å². The van der Waals surface area contributed by atoms with E-state index in [4.69, 9.17) is 14.2 Å². The Balaban J connectivity index is 4.07. The van der Waals surface area contributed by atoms with Crippen LogP contribution < -0.4 is 0 Å². The van der Waals surface area contributed by atoms with Gasteiger partial charge in [0.15, 0.2) is 0 Å². The number of methoxy groups -OCH3 is 1. The first kappa shape index (κ1) is 54.2. The normalized spacial score (nSPS) is 11.6. The van der Waals surface area contributed by atoms with Crippen molar-refractivity contribution in [3.8, 4) is 0 Å². The van der Waals surface area contributed by atoms with Gasteiger partial charge in [-0.2, -0.15) is 0 Å². The van der Waals surface area contributed by atoms with Crippen molar-refractivity contribution in [1.29, 1.82) is 0 Å². The summed E-state index contributed by atoms with van der Waals surface area (Å²) < 4.78 is 16.1. The molecular formula is C50H101NO4. The van der Waals surface area contributed by atoms with E-state index in [9.17, 15) is 4.79 Å². The Morgan fingerprint density at radius 2 is 0.709 bits per heavy atom. The maximum absolute atomic E-state index is 12.7. The third-order valence-electron chi connectivity index (χ3n) is 11.9.